The van der Waals surface area contributed by atoms with Gasteiger partial charge in [-0.05, 0) is 43.4 Å². The quantitative estimate of drug-likeness (QED) is 0.864. The van der Waals surface area contributed by atoms with Crippen LogP contribution < -0.4 is 10.1 Å². The smallest absolute Gasteiger partial charge is 0.236 e. The van der Waals surface area contributed by atoms with E-state index in [1.165, 1.54) is 5.56 Å². The van der Waals surface area contributed by atoms with Gasteiger partial charge in [-0.25, -0.2) is 0 Å². The van der Waals surface area contributed by atoms with E-state index in [1.807, 2.05) is 26.1 Å². The van der Waals surface area contributed by atoms with E-state index in [2.05, 4.69) is 17.4 Å². The van der Waals surface area contributed by atoms with Crippen LogP contribution in [0.2, 0.25) is 0 Å². The van der Waals surface area contributed by atoms with Gasteiger partial charge >= 0.3 is 0 Å². The van der Waals surface area contributed by atoms with Gasteiger partial charge in [-0.15, -0.1) is 0 Å². The fourth-order valence-electron chi connectivity index (χ4n) is 2.50. The van der Waals surface area contributed by atoms with Crippen molar-refractivity contribution in [2.75, 3.05) is 27.2 Å². The molecule has 0 heterocycles. The molecule has 110 valence electrons. The maximum atomic E-state index is 11.7. The molecule has 1 N–H and O–H groups in total. The minimum Gasteiger partial charge on any atom is -0.497 e. The molecule has 1 aromatic carbocycles. The van der Waals surface area contributed by atoms with Crippen LogP contribution in [0.5, 0.6) is 5.75 Å². The largest absolute Gasteiger partial charge is 0.497 e. The minimum absolute atomic E-state index is 0.164. The van der Waals surface area contributed by atoms with Crippen molar-refractivity contribution < 1.29 is 9.53 Å². The Kier molecular flexibility index (Phi) is 5.01. The maximum Gasteiger partial charge on any atom is 0.236 e. The van der Waals surface area contributed by atoms with Crippen molar-refractivity contribution in [1.29, 1.82) is 0 Å². The molecule has 4 nitrogen and oxygen atoms in total. The molecule has 0 saturated heterocycles. The Hall–Kier alpha value is -1.55. The van der Waals surface area contributed by atoms with E-state index in [0.717, 1.165) is 25.1 Å². The van der Waals surface area contributed by atoms with E-state index in [4.69, 9.17) is 4.74 Å². The monoisotopic (exact) mass is 276 g/mol. The first-order chi connectivity index (χ1) is 9.63. The standard InChI is InChI=1S/C16H24N2O2/c1-4-18(2)16(19)11-17-14-8-13(9-14)12-6-5-7-15(10-12)20-3/h5-7,10,13-14,17H,4,8-9,11H2,1-3H3. The summed E-state index contributed by atoms with van der Waals surface area (Å²) >= 11 is 0. The van der Waals surface area contributed by atoms with Crippen LogP contribution in [-0.4, -0.2) is 44.1 Å². The summed E-state index contributed by atoms with van der Waals surface area (Å²) in [6.07, 6.45) is 2.19. The molecule has 20 heavy (non-hydrogen) atoms. The summed E-state index contributed by atoms with van der Waals surface area (Å²) in [5.41, 5.74) is 1.33. The van der Waals surface area contributed by atoms with Gasteiger partial charge in [0, 0.05) is 19.6 Å². The Labute approximate surface area is 121 Å². The first kappa shape index (κ1) is 14.9. The zero-order chi connectivity index (χ0) is 14.5. The number of benzene rings is 1. The van der Waals surface area contributed by atoms with Gasteiger partial charge in [-0.2, -0.15) is 0 Å². The van der Waals surface area contributed by atoms with E-state index in [9.17, 15) is 4.79 Å². The number of nitrogens with one attached hydrogen (secondary N) is 1. The topological polar surface area (TPSA) is 41.6 Å². The number of likely N-dealkylation sites (N-methyl/N-ethyl adjacent to an activating group) is 1. The normalized spacial score (nSPS) is 21.1. The molecule has 0 spiro atoms. The molecule has 0 radical (unpaired) electrons. The van der Waals surface area contributed by atoms with Gasteiger partial charge in [-0.3, -0.25) is 4.79 Å². The van der Waals surface area contributed by atoms with E-state index in [-0.39, 0.29) is 5.91 Å². The maximum absolute atomic E-state index is 11.7. The van der Waals surface area contributed by atoms with E-state index in [0.29, 0.717) is 18.5 Å². The minimum atomic E-state index is 0.164. The summed E-state index contributed by atoms with van der Waals surface area (Å²) in [4.78, 5) is 13.4. The molecule has 1 aromatic rings. The molecule has 0 unspecified atom stereocenters. The van der Waals surface area contributed by atoms with E-state index < -0.39 is 0 Å². The predicted octanol–water partition coefficient (Wildman–Crippen LogP) is 2.01. The van der Waals surface area contributed by atoms with Crippen molar-refractivity contribution in [3.8, 4) is 5.75 Å². The number of ether oxygens (including phenoxy) is 1. The Balaban J connectivity index is 1.75. The number of rotatable bonds is 6. The van der Waals surface area contributed by atoms with Crippen LogP contribution in [0.1, 0.15) is 31.2 Å². The van der Waals surface area contributed by atoms with Crippen molar-refractivity contribution in [3.63, 3.8) is 0 Å². The Bertz CT molecular complexity index is 456. The molecule has 4 heteroatoms. The van der Waals surface area contributed by atoms with E-state index >= 15 is 0 Å². The molecule has 1 amide bonds. The molecule has 1 saturated carbocycles. The van der Waals surface area contributed by atoms with Crippen LogP contribution in [0.15, 0.2) is 24.3 Å². The van der Waals surface area contributed by atoms with Gasteiger partial charge in [0.15, 0.2) is 0 Å². The number of hydrogen-bond acceptors (Lipinski definition) is 3. The van der Waals surface area contributed by atoms with Crippen molar-refractivity contribution in [2.45, 2.75) is 31.7 Å². The Morgan fingerprint density at radius 2 is 2.20 bits per heavy atom. The van der Waals surface area contributed by atoms with Crippen LogP contribution in [-0.2, 0) is 4.79 Å². The van der Waals surface area contributed by atoms with Crippen molar-refractivity contribution in [2.24, 2.45) is 0 Å². The molecular weight excluding hydrogens is 252 g/mol. The second kappa shape index (κ2) is 6.75. The molecule has 0 bridgehead atoms. The van der Waals surface area contributed by atoms with Crippen LogP contribution in [0, 0.1) is 0 Å². The first-order valence-corrected chi connectivity index (χ1v) is 7.25. The van der Waals surface area contributed by atoms with Crippen molar-refractivity contribution in [3.05, 3.63) is 29.8 Å². The van der Waals surface area contributed by atoms with Crippen LogP contribution in [0.4, 0.5) is 0 Å². The third kappa shape index (κ3) is 3.51. The lowest BCUT2D eigenvalue weighted by Crippen LogP contribution is -2.45. The number of carbonyl (C=O) groups is 1. The number of nitrogens with zero attached hydrogens (tertiary/aromatic N) is 1. The highest BCUT2D eigenvalue weighted by Crippen LogP contribution is 2.37. The molecule has 0 aromatic heterocycles. The summed E-state index contributed by atoms with van der Waals surface area (Å²) in [6, 6.07) is 8.72. The van der Waals surface area contributed by atoms with Gasteiger partial charge in [-0.1, -0.05) is 12.1 Å². The second-order valence-electron chi connectivity index (χ2n) is 5.43. The first-order valence-electron chi connectivity index (χ1n) is 7.25. The fourth-order valence-corrected chi connectivity index (χ4v) is 2.50. The van der Waals surface area contributed by atoms with Crippen LogP contribution >= 0.6 is 0 Å². The van der Waals surface area contributed by atoms with Gasteiger partial charge in [0.25, 0.3) is 0 Å². The van der Waals surface area contributed by atoms with Gasteiger partial charge in [0.05, 0.1) is 13.7 Å². The number of methoxy groups -OCH3 is 1. The van der Waals surface area contributed by atoms with Crippen molar-refractivity contribution in [1.82, 2.24) is 10.2 Å². The SMILES string of the molecule is CCN(C)C(=O)CNC1CC(c2cccc(OC)c2)C1. The Morgan fingerprint density at radius 1 is 1.45 bits per heavy atom. The second-order valence-corrected chi connectivity index (χ2v) is 5.43. The zero-order valence-electron chi connectivity index (χ0n) is 12.6. The van der Waals surface area contributed by atoms with Gasteiger partial charge in [0.2, 0.25) is 5.91 Å². The molecule has 0 aliphatic heterocycles. The number of carbonyl (C=O) groups excluding carboxylic acids is 1. The summed E-state index contributed by atoms with van der Waals surface area (Å²) < 4.78 is 5.25. The van der Waals surface area contributed by atoms with Crippen molar-refractivity contribution >= 4 is 5.91 Å². The fraction of sp³-hybridized carbons (Fsp3) is 0.562. The zero-order valence-corrected chi connectivity index (χ0v) is 12.6. The average molecular weight is 276 g/mol. The predicted molar refractivity (Wildman–Crippen MR) is 80.1 cm³/mol. The average Bonchev–Trinajstić information content (AvgIpc) is 2.44. The lowest BCUT2D eigenvalue weighted by molar-refractivity contribution is -0.129. The molecule has 1 aliphatic rings. The summed E-state index contributed by atoms with van der Waals surface area (Å²) in [6.45, 7) is 3.19. The molecule has 0 atom stereocenters. The Morgan fingerprint density at radius 3 is 2.85 bits per heavy atom. The number of amides is 1. The summed E-state index contributed by atoms with van der Waals surface area (Å²) in [5.74, 6) is 1.66. The summed E-state index contributed by atoms with van der Waals surface area (Å²) in [7, 11) is 3.53. The van der Waals surface area contributed by atoms with E-state index in [1.54, 1.807) is 12.0 Å². The molecule has 1 aliphatic carbocycles. The lowest BCUT2D eigenvalue weighted by Gasteiger charge is -2.36. The molecule has 2 rings (SSSR count). The highest BCUT2D eigenvalue weighted by atomic mass is 16.5. The third-order valence-corrected chi connectivity index (χ3v) is 4.15. The molecule has 1 fully saturated rings. The molecular formula is C16H24N2O2. The van der Waals surface area contributed by atoms with Crippen LogP contribution in [0.3, 0.4) is 0 Å². The van der Waals surface area contributed by atoms with Crippen LogP contribution in [0.25, 0.3) is 0 Å². The number of hydrogen-bond donors (Lipinski definition) is 1. The third-order valence-electron chi connectivity index (χ3n) is 4.15. The highest BCUT2D eigenvalue weighted by molar-refractivity contribution is 5.77. The van der Waals surface area contributed by atoms with Gasteiger partial charge in [0.1, 0.15) is 5.75 Å². The van der Waals surface area contributed by atoms with Gasteiger partial charge < -0.3 is 15.0 Å². The lowest BCUT2D eigenvalue weighted by atomic mass is 9.76. The summed E-state index contributed by atoms with van der Waals surface area (Å²) in [5, 5.41) is 3.34. The highest BCUT2D eigenvalue weighted by Gasteiger charge is 2.30.